The van der Waals surface area contributed by atoms with Crippen molar-refractivity contribution in [1.29, 1.82) is 0 Å². The number of amides is 1. The van der Waals surface area contributed by atoms with Crippen molar-refractivity contribution in [2.24, 2.45) is 0 Å². The summed E-state index contributed by atoms with van der Waals surface area (Å²) in [6.45, 7) is 1.15. The van der Waals surface area contributed by atoms with Crippen LogP contribution in [-0.2, 0) is 0 Å². The van der Waals surface area contributed by atoms with Gasteiger partial charge in [-0.1, -0.05) is 0 Å². The zero-order valence-electron chi connectivity index (χ0n) is 15.8. The second kappa shape index (κ2) is 7.71. The minimum absolute atomic E-state index is 0.130. The Labute approximate surface area is 162 Å². The molecule has 1 atom stereocenters. The van der Waals surface area contributed by atoms with Gasteiger partial charge in [-0.3, -0.25) is 9.89 Å². The number of likely N-dealkylation sites (tertiary alicyclic amines) is 1. The van der Waals surface area contributed by atoms with E-state index in [1.807, 2.05) is 25.1 Å². The molecule has 3 aromatic rings. The Kier molecular flexibility index (Phi) is 4.96. The molecule has 0 saturated carbocycles. The van der Waals surface area contributed by atoms with E-state index >= 15 is 0 Å². The summed E-state index contributed by atoms with van der Waals surface area (Å²) in [4.78, 5) is 25.1. The first-order chi connectivity index (χ1) is 13.6. The molecule has 1 amide bonds. The zero-order valence-corrected chi connectivity index (χ0v) is 15.8. The fourth-order valence-electron chi connectivity index (χ4n) is 3.24. The molecule has 9 heteroatoms. The number of carbonyl (C=O) groups excluding carboxylic acids is 1. The molecule has 28 heavy (non-hydrogen) atoms. The predicted octanol–water partition coefficient (Wildman–Crippen LogP) is 2.21. The van der Waals surface area contributed by atoms with Crippen molar-refractivity contribution in [2.75, 3.05) is 32.1 Å². The van der Waals surface area contributed by atoms with Crippen LogP contribution >= 0.6 is 0 Å². The van der Waals surface area contributed by atoms with E-state index in [2.05, 4.69) is 20.2 Å². The van der Waals surface area contributed by atoms with Crippen LogP contribution in [0, 0.1) is 0 Å². The van der Waals surface area contributed by atoms with E-state index in [1.54, 1.807) is 35.7 Å². The fourth-order valence-corrected chi connectivity index (χ4v) is 3.24. The number of hydrogen-bond donors (Lipinski definition) is 1. The first-order valence-corrected chi connectivity index (χ1v) is 9.15. The number of aromatic amines is 1. The molecule has 9 nitrogen and oxygen atoms in total. The number of furan rings is 1. The Hall–Kier alpha value is -3.36. The van der Waals surface area contributed by atoms with Crippen LogP contribution in [0.25, 0.3) is 11.5 Å². The highest BCUT2D eigenvalue weighted by Crippen LogP contribution is 2.25. The van der Waals surface area contributed by atoms with E-state index in [0.717, 1.165) is 12.8 Å². The average molecular weight is 382 g/mol. The number of H-pyrrole nitrogens is 1. The van der Waals surface area contributed by atoms with Crippen LogP contribution in [0.5, 0.6) is 5.88 Å². The summed E-state index contributed by atoms with van der Waals surface area (Å²) in [7, 11) is 3.78. The van der Waals surface area contributed by atoms with Crippen LogP contribution in [0.3, 0.4) is 0 Å². The standard InChI is InChI=1S/C19H22N6O3/c1-24(2)17-18(21-8-7-20-17)28-13-5-3-9-25(12-13)19(26)15-11-14(22-23-15)16-6-4-10-27-16/h4,6-8,10-11,13H,3,5,9,12H2,1-2H3,(H,22,23). The lowest BCUT2D eigenvalue weighted by Gasteiger charge is -2.32. The molecule has 0 spiro atoms. The highest BCUT2D eigenvalue weighted by molar-refractivity contribution is 5.93. The largest absolute Gasteiger partial charge is 0.470 e. The molecule has 0 aliphatic carbocycles. The Morgan fingerprint density at radius 3 is 3.00 bits per heavy atom. The summed E-state index contributed by atoms with van der Waals surface area (Å²) in [6, 6.07) is 5.31. The third-order valence-electron chi connectivity index (χ3n) is 4.60. The summed E-state index contributed by atoms with van der Waals surface area (Å²) >= 11 is 0. The Balaban J connectivity index is 1.45. The molecule has 4 heterocycles. The molecule has 1 unspecified atom stereocenters. The number of carbonyl (C=O) groups is 1. The number of anilines is 1. The fraction of sp³-hybridized carbons (Fsp3) is 0.368. The van der Waals surface area contributed by atoms with Crippen LogP contribution in [0.1, 0.15) is 23.3 Å². The van der Waals surface area contributed by atoms with E-state index in [-0.39, 0.29) is 12.0 Å². The minimum Gasteiger partial charge on any atom is -0.470 e. The summed E-state index contributed by atoms with van der Waals surface area (Å²) in [6.07, 6.45) is 6.38. The normalized spacial score (nSPS) is 16.8. The highest BCUT2D eigenvalue weighted by Gasteiger charge is 2.28. The Morgan fingerprint density at radius 1 is 1.36 bits per heavy atom. The lowest BCUT2D eigenvalue weighted by Crippen LogP contribution is -2.44. The molecule has 1 saturated heterocycles. The minimum atomic E-state index is -0.142. The van der Waals surface area contributed by atoms with E-state index in [0.29, 0.717) is 41.9 Å². The molecule has 4 rings (SSSR count). The van der Waals surface area contributed by atoms with Gasteiger partial charge in [0.15, 0.2) is 17.3 Å². The Morgan fingerprint density at radius 2 is 2.21 bits per heavy atom. The summed E-state index contributed by atoms with van der Waals surface area (Å²) in [5, 5.41) is 7.00. The predicted molar refractivity (Wildman–Crippen MR) is 102 cm³/mol. The maximum absolute atomic E-state index is 12.9. The van der Waals surface area contributed by atoms with Gasteiger partial charge >= 0.3 is 0 Å². The molecule has 1 fully saturated rings. The van der Waals surface area contributed by atoms with Crippen LogP contribution in [0.2, 0.25) is 0 Å². The molecule has 0 bridgehead atoms. The van der Waals surface area contributed by atoms with Gasteiger partial charge in [0.25, 0.3) is 11.8 Å². The second-order valence-corrected chi connectivity index (χ2v) is 6.86. The van der Waals surface area contributed by atoms with Crippen LogP contribution < -0.4 is 9.64 Å². The van der Waals surface area contributed by atoms with Crippen molar-refractivity contribution in [2.45, 2.75) is 18.9 Å². The number of ether oxygens (including phenoxy) is 1. The number of rotatable bonds is 5. The van der Waals surface area contributed by atoms with Gasteiger partial charge < -0.3 is 19.0 Å². The maximum Gasteiger partial charge on any atom is 0.274 e. The highest BCUT2D eigenvalue weighted by atomic mass is 16.5. The van der Waals surface area contributed by atoms with Crippen molar-refractivity contribution >= 4 is 11.7 Å². The van der Waals surface area contributed by atoms with Crippen LogP contribution in [0.4, 0.5) is 5.82 Å². The van der Waals surface area contributed by atoms with Gasteiger partial charge in [0.2, 0.25) is 0 Å². The van der Waals surface area contributed by atoms with E-state index < -0.39 is 0 Å². The van der Waals surface area contributed by atoms with Gasteiger partial charge in [0.05, 0.1) is 12.8 Å². The lowest BCUT2D eigenvalue weighted by atomic mass is 10.1. The van der Waals surface area contributed by atoms with E-state index in [4.69, 9.17) is 9.15 Å². The first kappa shape index (κ1) is 18.0. The molecule has 0 radical (unpaired) electrons. The van der Waals surface area contributed by atoms with Gasteiger partial charge in [0, 0.05) is 39.1 Å². The number of piperidine rings is 1. The Bertz CT molecular complexity index is 937. The number of aromatic nitrogens is 4. The number of nitrogens with one attached hydrogen (secondary N) is 1. The van der Waals surface area contributed by atoms with Crippen LogP contribution in [0.15, 0.2) is 41.3 Å². The molecule has 0 aromatic carbocycles. The van der Waals surface area contributed by atoms with Gasteiger partial charge in [-0.2, -0.15) is 5.10 Å². The topological polar surface area (TPSA) is 100 Å². The van der Waals surface area contributed by atoms with Gasteiger partial charge in [-0.15, -0.1) is 0 Å². The van der Waals surface area contributed by atoms with Crippen molar-refractivity contribution < 1.29 is 13.9 Å². The number of hydrogen-bond acceptors (Lipinski definition) is 7. The van der Waals surface area contributed by atoms with Gasteiger partial charge in [-0.05, 0) is 25.0 Å². The molecule has 146 valence electrons. The third-order valence-corrected chi connectivity index (χ3v) is 4.60. The smallest absolute Gasteiger partial charge is 0.274 e. The number of nitrogens with zero attached hydrogens (tertiary/aromatic N) is 5. The molecule has 1 aliphatic rings. The monoisotopic (exact) mass is 382 g/mol. The second-order valence-electron chi connectivity index (χ2n) is 6.86. The molecular formula is C19H22N6O3. The molecular weight excluding hydrogens is 360 g/mol. The van der Waals surface area contributed by atoms with Gasteiger partial charge in [0.1, 0.15) is 11.8 Å². The summed E-state index contributed by atoms with van der Waals surface area (Å²) in [5.41, 5.74) is 1.04. The third kappa shape index (κ3) is 3.68. The molecule has 1 aliphatic heterocycles. The zero-order chi connectivity index (χ0) is 19.5. The van der Waals surface area contributed by atoms with E-state index in [9.17, 15) is 4.79 Å². The summed E-state index contributed by atoms with van der Waals surface area (Å²) < 4.78 is 11.4. The van der Waals surface area contributed by atoms with Crippen molar-refractivity contribution in [1.82, 2.24) is 25.1 Å². The average Bonchev–Trinajstić information content (AvgIpc) is 3.39. The van der Waals surface area contributed by atoms with Crippen molar-refractivity contribution in [3.8, 4) is 17.3 Å². The van der Waals surface area contributed by atoms with Crippen molar-refractivity contribution in [3.63, 3.8) is 0 Å². The maximum atomic E-state index is 12.9. The van der Waals surface area contributed by atoms with Gasteiger partial charge in [-0.25, -0.2) is 9.97 Å². The van der Waals surface area contributed by atoms with E-state index in [1.165, 1.54) is 0 Å². The quantitative estimate of drug-likeness (QED) is 0.722. The SMILES string of the molecule is CN(C)c1nccnc1OC1CCCN(C(=O)c2cc(-c3ccco3)[nH]n2)C1. The lowest BCUT2D eigenvalue weighted by molar-refractivity contribution is 0.0523. The first-order valence-electron chi connectivity index (χ1n) is 9.15. The summed E-state index contributed by atoms with van der Waals surface area (Å²) in [5.74, 6) is 1.66. The van der Waals surface area contributed by atoms with Crippen LogP contribution in [-0.4, -0.2) is 64.3 Å². The molecule has 3 aromatic heterocycles. The molecule has 1 N–H and O–H groups in total. The van der Waals surface area contributed by atoms with Crippen molar-refractivity contribution in [3.05, 3.63) is 42.5 Å².